The molecule has 0 saturated carbocycles. The van der Waals surface area contributed by atoms with E-state index in [1.165, 1.54) is 25.3 Å². The third-order valence-corrected chi connectivity index (χ3v) is 2.56. The molecule has 0 unspecified atom stereocenters. The van der Waals surface area contributed by atoms with Crippen molar-refractivity contribution < 1.29 is 27.5 Å². The summed E-state index contributed by atoms with van der Waals surface area (Å²) in [6.07, 6.45) is -5.01. The Labute approximate surface area is 114 Å². The molecule has 1 atom stereocenters. The molecule has 0 aliphatic rings. The van der Waals surface area contributed by atoms with Crippen LogP contribution in [-0.2, 0) is 9.53 Å². The molecule has 4 nitrogen and oxygen atoms in total. The molecule has 0 fully saturated rings. The Kier molecular flexibility index (Phi) is 5.66. The van der Waals surface area contributed by atoms with Crippen LogP contribution in [0.2, 0.25) is 0 Å². The lowest BCUT2D eigenvalue weighted by Crippen LogP contribution is -2.29. The van der Waals surface area contributed by atoms with Crippen molar-refractivity contribution in [3.63, 3.8) is 0 Å². The Bertz CT molecular complexity index is 460. The fourth-order valence-electron chi connectivity index (χ4n) is 1.58. The second-order valence-corrected chi connectivity index (χ2v) is 4.09. The van der Waals surface area contributed by atoms with Crippen molar-refractivity contribution in [1.29, 1.82) is 0 Å². The van der Waals surface area contributed by atoms with Gasteiger partial charge in [-0.3, -0.25) is 14.6 Å². The minimum atomic E-state index is -4.64. The van der Waals surface area contributed by atoms with Crippen molar-refractivity contribution in [3.05, 3.63) is 30.1 Å². The predicted molar refractivity (Wildman–Crippen MR) is 64.0 cm³/mol. The van der Waals surface area contributed by atoms with Gasteiger partial charge in [0, 0.05) is 12.6 Å². The fourth-order valence-corrected chi connectivity index (χ4v) is 1.58. The molecule has 0 saturated heterocycles. The van der Waals surface area contributed by atoms with Crippen LogP contribution in [0.4, 0.5) is 13.2 Å². The zero-order valence-corrected chi connectivity index (χ0v) is 10.8. The summed E-state index contributed by atoms with van der Waals surface area (Å²) in [5.41, 5.74) is -0.0504. The highest BCUT2D eigenvalue weighted by Gasteiger charge is 2.42. The third-order valence-electron chi connectivity index (χ3n) is 2.56. The number of alkyl halides is 3. The van der Waals surface area contributed by atoms with E-state index in [1.807, 2.05) is 0 Å². The van der Waals surface area contributed by atoms with Crippen molar-refractivity contribution in [2.75, 3.05) is 6.61 Å². The first-order valence-corrected chi connectivity index (χ1v) is 6.01. The van der Waals surface area contributed by atoms with Gasteiger partial charge in [0.05, 0.1) is 18.9 Å². The van der Waals surface area contributed by atoms with Crippen molar-refractivity contribution in [2.45, 2.75) is 25.9 Å². The number of hydrogen-bond acceptors (Lipinski definition) is 4. The number of carbonyl (C=O) groups is 2. The van der Waals surface area contributed by atoms with E-state index >= 15 is 0 Å². The zero-order valence-electron chi connectivity index (χ0n) is 10.8. The quantitative estimate of drug-likeness (QED) is 0.597. The van der Waals surface area contributed by atoms with E-state index < -0.39 is 36.7 Å². The van der Waals surface area contributed by atoms with E-state index in [1.54, 1.807) is 6.07 Å². The van der Waals surface area contributed by atoms with Gasteiger partial charge in [0.25, 0.3) is 0 Å². The average molecular weight is 289 g/mol. The van der Waals surface area contributed by atoms with Gasteiger partial charge in [-0.2, -0.15) is 13.2 Å². The summed E-state index contributed by atoms with van der Waals surface area (Å²) in [5.74, 6) is -3.78. The number of rotatable bonds is 6. The zero-order chi connectivity index (χ0) is 15.2. The molecule has 0 aromatic carbocycles. The predicted octanol–water partition coefficient (Wildman–Crippen LogP) is 2.79. The minimum absolute atomic E-state index is 0.00238. The van der Waals surface area contributed by atoms with Gasteiger partial charge in [0.1, 0.15) is 5.69 Å². The number of nitrogens with zero attached hydrogens (tertiary/aromatic N) is 1. The topological polar surface area (TPSA) is 56.3 Å². The maximum absolute atomic E-state index is 12.8. The van der Waals surface area contributed by atoms with E-state index in [0.29, 0.717) is 0 Å². The highest BCUT2D eigenvalue weighted by molar-refractivity contribution is 5.94. The minimum Gasteiger partial charge on any atom is -0.466 e. The normalized spacial score (nSPS) is 12.8. The van der Waals surface area contributed by atoms with Gasteiger partial charge in [-0.05, 0) is 19.1 Å². The molecule has 1 aromatic heterocycles. The summed E-state index contributed by atoms with van der Waals surface area (Å²) < 4.78 is 42.9. The highest BCUT2D eigenvalue weighted by Crippen LogP contribution is 2.32. The Morgan fingerprint density at radius 3 is 2.50 bits per heavy atom. The largest absolute Gasteiger partial charge is 0.466 e. The van der Waals surface area contributed by atoms with Crippen LogP contribution < -0.4 is 0 Å². The molecule has 0 amide bonds. The summed E-state index contributed by atoms with van der Waals surface area (Å²) in [6.45, 7) is 1.50. The lowest BCUT2D eigenvalue weighted by Gasteiger charge is -2.18. The Hall–Kier alpha value is -1.92. The van der Waals surface area contributed by atoms with Crippen LogP contribution in [0.15, 0.2) is 24.4 Å². The standard InChI is InChI=1S/C13H14F3NO3/c1-2-20-12(19)8-9(13(14,15)16)7-11(18)10-5-3-4-6-17-10/h3-6,9H,2,7-8H2,1H3/t9-/m0/s1. The molecule has 0 radical (unpaired) electrons. The molecule has 20 heavy (non-hydrogen) atoms. The first kappa shape index (κ1) is 16.1. The maximum Gasteiger partial charge on any atom is 0.392 e. The first-order valence-electron chi connectivity index (χ1n) is 6.01. The van der Waals surface area contributed by atoms with E-state index in [9.17, 15) is 22.8 Å². The van der Waals surface area contributed by atoms with Gasteiger partial charge in [0.15, 0.2) is 5.78 Å². The van der Waals surface area contributed by atoms with Crippen LogP contribution in [0.5, 0.6) is 0 Å². The maximum atomic E-state index is 12.8. The van der Waals surface area contributed by atoms with E-state index in [4.69, 9.17) is 0 Å². The Morgan fingerprint density at radius 2 is 2.00 bits per heavy atom. The molecule has 1 rings (SSSR count). The van der Waals surface area contributed by atoms with Gasteiger partial charge in [-0.15, -0.1) is 0 Å². The lowest BCUT2D eigenvalue weighted by atomic mass is 9.96. The number of esters is 1. The molecular formula is C13H14F3NO3. The molecule has 110 valence electrons. The highest BCUT2D eigenvalue weighted by atomic mass is 19.4. The van der Waals surface area contributed by atoms with Crippen LogP contribution in [0.25, 0.3) is 0 Å². The van der Waals surface area contributed by atoms with Crippen LogP contribution in [-0.4, -0.2) is 29.5 Å². The van der Waals surface area contributed by atoms with Gasteiger partial charge in [-0.1, -0.05) is 6.07 Å². The molecule has 7 heteroatoms. The second kappa shape index (κ2) is 7.02. The molecule has 0 spiro atoms. The van der Waals surface area contributed by atoms with Gasteiger partial charge < -0.3 is 4.74 Å². The fraction of sp³-hybridized carbons (Fsp3) is 0.462. The molecule has 0 N–H and O–H groups in total. The summed E-state index contributed by atoms with van der Waals surface area (Å²) in [7, 11) is 0. The summed E-state index contributed by atoms with van der Waals surface area (Å²) in [6, 6.07) is 4.39. The van der Waals surface area contributed by atoms with Crippen LogP contribution in [0.3, 0.4) is 0 Å². The average Bonchev–Trinajstić information content (AvgIpc) is 2.38. The molecule has 0 aliphatic carbocycles. The molecule has 0 bridgehead atoms. The van der Waals surface area contributed by atoms with Crippen molar-refractivity contribution >= 4 is 11.8 Å². The molecular weight excluding hydrogens is 275 g/mol. The van der Waals surface area contributed by atoms with E-state index in [-0.39, 0.29) is 12.3 Å². The smallest absolute Gasteiger partial charge is 0.392 e. The molecule has 1 heterocycles. The SMILES string of the molecule is CCOC(=O)C[C@H](CC(=O)c1ccccn1)C(F)(F)F. The molecule has 0 aliphatic heterocycles. The summed E-state index contributed by atoms with van der Waals surface area (Å²) in [5, 5.41) is 0. The molecule has 1 aromatic rings. The Morgan fingerprint density at radius 1 is 1.30 bits per heavy atom. The number of Topliss-reactive ketones (excluding diaryl/α,β-unsaturated/α-hetero) is 1. The van der Waals surface area contributed by atoms with E-state index in [2.05, 4.69) is 9.72 Å². The number of ether oxygens (including phenoxy) is 1. The van der Waals surface area contributed by atoms with Gasteiger partial charge in [-0.25, -0.2) is 0 Å². The van der Waals surface area contributed by atoms with Crippen LogP contribution in [0.1, 0.15) is 30.3 Å². The van der Waals surface area contributed by atoms with Crippen molar-refractivity contribution in [2.24, 2.45) is 5.92 Å². The second-order valence-electron chi connectivity index (χ2n) is 4.09. The van der Waals surface area contributed by atoms with Crippen LogP contribution in [0, 0.1) is 5.92 Å². The number of hydrogen-bond donors (Lipinski definition) is 0. The lowest BCUT2D eigenvalue weighted by molar-refractivity contribution is -0.183. The number of aromatic nitrogens is 1. The third kappa shape index (κ3) is 4.99. The Balaban J connectivity index is 2.75. The number of carbonyl (C=O) groups excluding carboxylic acids is 2. The number of ketones is 1. The first-order chi connectivity index (χ1) is 9.34. The van der Waals surface area contributed by atoms with Crippen molar-refractivity contribution in [3.8, 4) is 0 Å². The van der Waals surface area contributed by atoms with Crippen LogP contribution >= 0.6 is 0 Å². The number of pyridine rings is 1. The summed E-state index contributed by atoms with van der Waals surface area (Å²) >= 11 is 0. The van der Waals surface area contributed by atoms with Gasteiger partial charge in [0.2, 0.25) is 0 Å². The van der Waals surface area contributed by atoms with Gasteiger partial charge >= 0.3 is 12.1 Å². The van der Waals surface area contributed by atoms with E-state index in [0.717, 1.165) is 0 Å². The summed E-state index contributed by atoms with van der Waals surface area (Å²) in [4.78, 5) is 26.6. The number of halogens is 3. The monoisotopic (exact) mass is 289 g/mol. The van der Waals surface area contributed by atoms with Crippen molar-refractivity contribution in [1.82, 2.24) is 4.98 Å².